The number of aromatic nitrogens is 2. The average Bonchev–Trinajstić information content (AvgIpc) is 3.20. The molecule has 1 heterocycles. The highest BCUT2D eigenvalue weighted by atomic mass is 16.5. The van der Waals surface area contributed by atoms with Gasteiger partial charge in [0.1, 0.15) is 17.3 Å². The standard InChI is InChI=1S/C43H52N6O8/c1-43(2,3)30-26-35(44-4)40(54-7)36(27-30)48-42(51)47-34-12-13-37(33-11-9-8-10-32(33)34)57-39-14-15-45-38(49-39)24-28-22-29(25-31(23-28)53-6)41(50)46-16-17-55-20-21-56-19-18-52-5/h8-15,22-23,25-27,44H,16-21,24H2,1-7H3,(H,46,50)(H2,47,48,51). The normalized spacial score (nSPS) is 11.2. The van der Waals surface area contributed by atoms with E-state index < -0.39 is 6.03 Å². The first-order valence-electron chi connectivity index (χ1n) is 18.6. The first-order chi connectivity index (χ1) is 27.5. The first-order valence-corrected chi connectivity index (χ1v) is 18.6. The van der Waals surface area contributed by atoms with Gasteiger partial charge in [-0.1, -0.05) is 45.0 Å². The number of methoxy groups -OCH3 is 3. The summed E-state index contributed by atoms with van der Waals surface area (Å²) in [4.78, 5) is 35.6. The Bertz CT molecular complexity index is 2140. The summed E-state index contributed by atoms with van der Waals surface area (Å²) in [7, 11) is 6.56. The second kappa shape index (κ2) is 20.3. The van der Waals surface area contributed by atoms with Crippen molar-refractivity contribution in [3.8, 4) is 23.1 Å². The summed E-state index contributed by atoms with van der Waals surface area (Å²) in [5, 5.41) is 13.6. The van der Waals surface area contributed by atoms with Gasteiger partial charge in [0.05, 0.1) is 64.3 Å². The van der Waals surface area contributed by atoms with Gasteiger partial charge < -0.3 is 49.7 Å². The van der Waals surface area contributed by atoms with Crippen molar-refractivity contribution >= 4 is 39.8 Å². The van der Waals surface area contributed by atoms with E-state index in [4.69, 9.17) is 28.4 Å². The van der Waals surface area contributed by atoms with E-state index in [0.717, 1.165) is 27.6 Å². The van der Waals surface area contributed by atoms with Gasteiger partial charge in [-0.05, 0) is 59.0 Å². The summed E-state index contributed by atoms with van der Waals surface area (Å²) in [6, 6.07) is 21.7. The predicted molar refractivity (Wildman–Crippen MR) is 222 cm³/mol. The first kappa shape index (κ1) is 42.2. The van der Waals surface area contributed by atoms with Gasteiger partial charge in [-0.3, -0.25) is 4.79 Å². The third-order valence-corrected chi connectivity index (χ3v) is 8.87. The fourth-order valence-electron chi connectivity index (χ4n) is 5.94. The van der Waals surface area contributed by atoms with Gasteiger partial charge in [-0.25, -0.2) is 9.78 Å². The predicted octanol–water partition coefficient (Wildman–Crippen LogP) is 7.42. The zero-order valence-corrected chi connectivity index (χ0v) is 33.6. The van der Waals surface area contributed by atoms with E-state index in [1.807, 2.05) is 49.5 Å². The van der Waals surface area contributed by atoms with Crippen molar-refractivity contribution in [3.05, 3.63) is 102 Å². The summed E-state index contributed by atoms with van der Waals surface area (Å²) < 4.78 is 33.3. The third kappa shape index (κ3) is 11.8. The molecule has 0 unspecified atom stereocenters. The Kier molecular flexibility index (Phi) is 15.0. The van der Waals surface area contributed by atoms with Gasteiger partial charge in [-0.15, -0.1) is 0 Å². The Morgan fingerprint density at radius 1 is 0.754 bits per heavy atom. The molecule has 0 saturated heterocycles. The number of nitrogens with one attached hydrogen (secondary N) is 4. The topological polar surface area (TPSA) is 163 Å². The van der Waals surface area contributed by atoms with Crippen LogP contribution in [0.4, 0.5) is 21.9 Å². The number of carbonyl (C=O) groups is 2. The van der Waals surface area contributed by atoms with E-state index in [0.29, 0.717) is 91.9 Å². The van der Waals surface area contributed by atoms with Crippen molar-refractivity contribution in [2.24, 2.45) is 0 Å². The summed E-state index contributed by atoms with van der Waals surface area (Å²) >= 11 is 0. The van der Waals surface area contributed by atoms with Crippen LogP contribution in [-0.4, -0.2) is 89.9 Å². The zero-order chi connectivity index (χ0) is 40.8. The molecular weight excluding hydrogens is 729 g/mol. The molecule has 4 N–H and O–H groups in total. The Hall–Kier alpha value is -5.96. The molecule has 302 valence electrons. The second-order valence-electron chi connectivity index (χ2n) is 14.0. The number of benzene rings is 4. The maximum atomic E-state index is 13.4. The van der Waals surface area contributed by atoms with E-state index >= 15 is 0 Å². The third-order valence-electron chi connectivity index (χ3n) is 8.87. The molecule has 0 aliphatic carbocycles. The molecule has 0 aliphatic heterocycles. The zero-order valence-electron chi connectivity index (χ0n) is 33.6. The summed E-state index contributed by atoms with van der Waals surface area (Å²) in [5.41, 5.74) is 4.00. The molecule has 0 radical (unpaired) electrons. The van der Waals surface area contributed by atoms with Crippen LogP contribution in [0, 0.1) is 0 Å². The molecule has 5 rings (SSSR count). The Balaban J connectivity index is 1.26. The van der Waals surface area contributed by atoms with Crippen molar-refractivity contribution in [1.82, 2.24) is 15.3 Å². The molecule has 0 aliphatic rings. The Morgan fingerprint density at radius 2 is 1.47 bits per heavy atom. The van der Waals surface area contributed by atoms with E-state index in [2.05, 4.69) is 52.0 Å². The summed E-state index contributed by atoms with van der Waals surface area (Å²) in [6.45, 7) is 8.93. The van der Waals surface area contributed by atoms with Gasteiger partial charge in [0.15, 0.2) is 5.75 Å². The van der Waals surface area contributed by atoms with Gasteiger partial charge in [0, 0.05) is 55.7 Å². The van der Waals surface area contributed by atoms with Crippen LogP contribution >= 0.6 is 0 Å². The van der Waals surface area contributed by atoms with Crippen molar-refractivity contribution < 1.29 is 38.0 Å². The number of rotatable bonds is 19. The highest BCUT2D eigenvalue weighted by Crippen LogP contribution is 2.39. The van der Waals surface area contributed by atoms with Crippen LogP contribution in [0.2, 0.25) is 0 Å². The molecule has 14 nitrogen and oxygen atoms in total. The molecular formula is C43H52N6O8. The lowest BCUT2D eigenvalue weighted by molar-refractivity contribution is 0.0255. The largest absolute Gasteiger partial charge is 0.497 e. The van der Waals surface area contributed by atoms with Crippen molar-refractivity contribution in [2.45, 2.75) is 32.6 Å². The van der Waals surface area contributed by atoms with E-state index in [1.165, 1.54) is 0 Å². The number of anilines is 3. The molecule has 4 aromatic carbocycles. The number of carbonyl (C=O) groups excluding carboxylic acids is 2. The second-order valence-corrected chi connectivity index (χ2v) is 14.0. The quantitative estimate of drug-likeness (QED) is 0.0617. The van der Waals surface area contributed by atoms with Gasteiger partial charge in [0.2, 0.25) is 5.88 Å². The minimum atomic E-state index is -0.427. The number of hydrogen-bond donors (Lipinski definition) is 4. The van der Waals surface area contributed by atoms with Crippen LogP contribution in [0.5, 0.6) is 23.1 Å². The van der Waals surface area contributed by atoms with Crippen molar-refractivity contribution in [2.75, 3.05) is 83.9 Å². The lowest BCUT2D eigenvalue weighted by Gasteiger charge is -2.23. The van der Waals surface area contributed by atoms with Gasteiger partial charge in [0.25, 0.3) is 5.91 Å². The number of ether oxygens (including phenoxy) is 6. The lowest BCUT2D eigenvalue weighted by Crippen LogP contribution is -2.27. The molecule has 0 saturated carbocycles. The monoisotopic (exact) mass is 780 g/mol. The van der Waals surface area contributed by atoms with Crippen molar-refractivity contribution in [3.63, 3.8) is 0 Å². The highest BCUT2D eigenvalue weighted by Gasteiger charge is 2.21. The fraction of sp³-hybridized carbons (Fsp3) is 0.349. The number of hydrogen-bond acceptors (Lipinski definition) is 11. The number of amides is 3. The van der Waals surface area contributed by atoms with Gasteiger partial charge >= 0.3 is 6.03 Å². The SMILES string of the molecule is CNc1cc(C(C)(C)C)cc(NC(=O)Nc2ccc(Oc3ccnc(Cc4cc(OC)cc(C(=O)NCCOCCOCCOC)c4)n3)c3ccccc23)c1OC. The highest BCUT2D eigenvalue weighted by molar-refractivity contribution is 6.08. The smallest absolute Gasteiger partial charge is 0.323 e. The van der Waals surface area contributed by atoms with Crippen LogP contribution in [0.25, 0.3) is 10.8 Å². The van der Waals surface area contributed by atoms with Crippen LogP contribution in [0.1, 0.15) is 48.1 Å². The Labute approximate surface area is 333 Å². The molecule has 0 bridgehead atoms. The fourth-order valence-corrected chi connectivity index (χ4v) is 5.94. The summed E-state index contributed by atoms with van der Waals surface area (Å²) in [5.74, 6) is 2.17. The Morgan fingerprint density at radius 3 is 2.19 bits per heavy atom. The molecule has 0 fully saturated rings. The minimum Gasteiger partial charge on any atom is -0.497 e. The average molecular weight is 781 g/mol. The van der Waals surface area contributed by atoms with E-state index in [1.54, 1.807) is 57.9 Å². The van der Waals surface area contributed by atoms with Gasteiger partial charge in [-0.2, -0.15) is 4.98 Å². The number of fused-ring (bicyclic) bond motifs is 1. The molecule has 57 heavy (non-hydrogen) atoms. The summed E-state index contributed by atoms with van der Waals surface area (Å²) in [6.07, 6.45) is 1.94. The van der Waals surface area contributed by atoms with Crippen LogP contribution in [-0.2, 0) is 26.0 Å². The van der Waals surface area contributed by atoms with Crippen LogP contribution in [0.15, 0.2) is 79.0 Å². The molecule has 3 amide bonds. The van der Waals surface area contributed by atoms with E-state index in [9.17, 15) is 9.59 Å². The van der Waals surface area contributed by atoms with Crippen LogP contribution < -0.4 is 35.5 Å². The van der Waals surface area contributed by atoms with Crippen molar-refractivity contribution in [1.29, 1.82) is 0 Å². The minimum absolute atomic E-state index is 0.157. The maximum Gasteiger partial charge on any atom is 0.323 e. The molecule has 5 aromatic rings. The molecule has 0 atom stereocenters. The van der Waals surface area contributed by atoms with Crippen LogP contribution in [0.3, 0.4) is 0 Å². The maximum absolute atomic E-state index is 13.4. The molecule has 14 heteroatoms. The molecule has 1 aromatic heterocycles. The van der Waals surface area contributed by atoms with E-state index in [-0.39, 0.29) is 11.3 Å². The lowest BCUT2D eigenvalue weighted by atomic mass is 9.86. The molecule has 0 spiro atoms. The number of nitrogens with zero attached hydrogens (tertiary/aromatic N) is 2. The number of urea groups is 1.